The number of ether oxygens (including phenoxy) is 1. The normalized spacial score (nSPS) is 8.00. The number of carbonyl (C=O) groups is 1. The minimum atomic E-state index is -0.105. The Morgan fingerprint density at radius 3 is 2.17 bits per heavy atom. The van der Waals surface area contributed by atoms with Crippen molar-refractivity contribution in [3.05, 3.63) is 11.1 Å². The lowest BCUT2D eigenvalue weighted by Gasteiger charge is -1.97. The maximum Gasteiger partial charge on any atom is 0.305 e. The molecule has 0 fully saturated rings. The third-order valence-electron chi connectivity index (χ3n) is 0.756. The smallest absolute Gasteiger partial charge is 0.305 e. The SMILES string of the molecule is C=C(C)Br.CCCOC(=O)CC. The quantitative estimate of drug-likeness (QED) is 0.704. The van der Waals surface area contributed by atoms with E-state index in [1.54, 1.807) is 6.92 Å². The van der Waals surface area contributed by atoms with Crippen LogP contribution in [0.3, 0.4) is 0 Å². The van der Waals surface area contributed by atoms with Crippen molar-refractivity contribution in [3.8, 4) is 0 Å². The Kier molecular flexibility index (Phi) is 12.7. The van der Waals surface area contributed by atoms with Gasteiger partial charge < -0.3 is 4.74 Å². The maximum absolute atomic E-state index is 10.3. The fourth-order valence-corrected chi connectivity index (χ4v) is 0.318. The fourth-order valence-electron chi connectivity index (χ4n) is 0.318. The minimum absolute atomic E-state index is 0.105. The molecule has 72 valence electrons. The number of allylic oxidation sites excluding steroid dienone is 1. The van der Waals surface area contributed by atoms with Crippen LogP contribution in [0.1, 0.15) is 33.6 Å². The van der Waals surface area contributed by atoms with Gasteiger partial charge in [-0.05, 0) is 17.8 Å². The molecule has 0 heterocycles. The summed E-state index contributed by atoms with van der Waals surface area (Å²) in [5.41, 5.74) is 0. The van der Waals surface area contributed by atoms with Crippen LogP contribution in [0.15, 0.2) is 11.1 Å². The summed E-state index contributed by atoms with van der Waals surface area (Å²) >= 11 is 3.08. The van der Waals surface area contributed by atoms with E-state index in [0.717, 1.165) is 10.9 Å². The number of carbonyl (C=O) groups excluding carboxylic acids is 1. The van der Waals surface area contributed by atoms with Crippen molar-refractivity contribution in [1.29, 1.82) is 0 Å². The lowest BCUT2D eigenvalue weighted by molar-refractivity contribution is -0.143. The zero-order valence-electron chi connectivity index (χ0n) is 8.02. The van der Waals surface area contributed by atoms with Crippen LogP contribution in [0.25, 0.3) is 0 Å². The first kappa shape index (κ1) is 14.2. The Bertz CT molecular complexity index is 128. The molecule has 0 aliphatic heterocycles. The maximum atomic E-state index is 10.3. The summed E-state index contributed by atoms with van der Waals surface area (Å²) in [6.07, 6.45) is 1.39. The van der Waals surface area contributed by atoms with E-state index in [1.165, 1.54) is 0 Å². The summed E-state index contributed by atoms with van der Waals surface area (Å²) in [6.45, 7) is 9.69. The van der Waals surface area contributed by atoms with Crippen LogP contribution < -0.4 is 0 Å². The molecule has 0 aliphatic carbocycles. The molecule has 0 spiro atoms. The summed E-state index contributed by atoms with van der Waals surface area (Å²) in [7, 11) is 0. The molecule has 0 rings (SSSR count). The van der Waals surface area contributed by atoms with Gasteiger partial charge in [-0.15, -0.1) is 0 Å². The number of hydrogen-bond donors (Lipinski definition) is 0. The largest absolute Gasteiger partial charge is 0.466 e. The van der Waals surface area contributed by atoms with Crippen LogP contribution >= 0.6 is 15.9 Å². The molecule has 0 atom stereocenters. The number of esters is 1. The van der Waals surface area contributed by atoms with Crippen molar-refractivity contribution in [2.24, 2.45) is 0 Å². The summed E-state index contributed by atoms with van der Waals surface area (Å²) < 4.78 is 5.68. The minimum Gasteiger partial charge on any atom is -0.466 e. The molecule has 0 aromatic rings. The van der Waals surface area contributed by atoms with Gasteiger partial charge in [-0.1, -0.05) is 36.4 Å². The Hall–Kier alpha value is -0.310. The van der Waals surface area contributed by atoms with Crippen LogP contribution in [-0.4, -0.2) is 12.6 Å². The van der Waals surface area contributed by atoms with Crippen molar-refractivity contribution < 1.29 is 9.53 Å². The molecule has 0 aliphatic rings. The molecule has 0 amide bonds. The Morgan fingerprint density at radius 2 is 1.92 bits per heavy atom. The summed E-state index contributed by atoms with van der Waals surface area (Å²) in [5, 5.41) is 0. The van der Waals surface area contributed by atoms with E-state index in [-0.39, 0.29) is 5.97 Å². The van der Waals surface area contributed by atoms with Crippen LogP contribution in [0.5, 0.6) is 0 Å². The molecule has 0 N–H and O–H groups in total. The van der Waals surface area contributed by atoms with Gasteiger partial charge in [0.15, 0.2) is 0 Å². The Morgan fingerprint density at radius 1 is 1.50 bits per heavy atom. The van der Waals surface area contributed by atoms with Crippen LogP contribution in [-0.2, 0) is 9.53 Å². The van der Waals surface area contributed by atoms with E-state index >= 15 is 0 Å². The highest BCUT2D eigenvalue weighted by Gasteiger charge is 1.93. The third-order valence-corrected chi connectivity index (χ3v) is 0.756. The zero-order valence-corrected chi connectivity index (χ0v) is 9.61. The molecular weight excluding hydrogens is 220 g/mol. The molecule has 2 nitrogen and oxygen atoms in total. The first-order valence-electron chi connectivity index (χ1n) is 4.01. The molecule has 0 saturated heterocycles. The topological polar surface area (TPSA) is 26.3 Å². The first-order chi connectivity index (χ1) is 5.54. The molecular formula is C9H17BrO2. The van der Waals surface area contributed by atoms with E-state index in [4.69, 9.17) is 4.74 Å². The zero-order chi connectivity index (χ0) is 9.98. The second-order valence-electron chi connectivity index (χ2n) is 2.25. The third kappa shape index (κ3) is 22.6. The van der Waals surface area contributed by atoms with E-state index < -0.39 is 0 Å². The van der Waals surface area contributed by atoms with Gasteiger partial charge in [0.2, 0.25) is 0 Å². The molecule has 0 saturated carbocycles. The Labute approximate surface area is 83.1 Å². The second-order valence-corrected chi connectivity index (χ2v) is 3.60. The highest BCUT2D eigenvalue weighted by molar-refractivity contribution is 9.11. The van der Waals surface area contributed by atoms with Gasteiger partial charge >= 0.3 is 5.97 Å². The van der Waals surface area contributed by atoms with Crippen LogP contribution in [0.4, 0.5) is 0 Å². The molecule has 0 unspecified atom stereocenters. The van der Waals surface area contributed by atoms with Crippen molar-refractivity contribution in [2.75, 3.05) is 6.61 Å². The highest BCUT2D eigenvalue weighted by Crippen LogP contribution is 1.93. The van der Waals surface area contributed by atoms with Gasteiger partial charge in [0.05, 0.1) is 6.61 Å². The van der Waals surface area contributed by atoms with E-state index in [2.05, 4.69) is 22.5 Å². The summed E-state index contributed by atoms with van der Waals surface area (Å²) in [4.78, 5) is 10.3. The number of rotatable bonds is 3. The van der Waals surface area contributed by atoms with Crippen molar-refractivity contribution in [2.45, 2.75) is 33.6 Å². The van der Waals surface area contributed by atoms with Crippen LogP contribution in [0.2, 0.25) is 0 Å². The number of halogens is 1. The van der Waals surface area contributed by atoms with Crippen LogP contribution in [0, 0.1) is 0 Å². The molecule has 3 heteroatoms. The van der Waals surface area contributed by atoms with E-state index in [0.29, 0.717) is 13.0 Å². The first-order valence-corrected chi connectivity index (χ1v) is 4.80. The Balaban J connectivity index is 0. The second kappa shape index (κ2) is 10.7. The predicted molar refractivity (Wildman–Crippen MR) is 55.3 cm³/mol. The fraction of sp³-hybridized carbons (Fsp3) is 0.667. The van der Waals surface area contributed by atoms with Gasteiger partial charge in [0.25, 0.3) is 0 Å². The lowest BCUT2D eigenvalue weighted by Crippen LogP contribution is -2.02. The van der Waals surface area contributed by atoms with E-state index in [9.17, 15) is 4.79 Å². The average molecular weight is 237 g/mol. The predicted octanol–water partition coefficient (Wildman–Crippen LogP) is 3.26. The average Bonchev–Trinajstić information content (AvgIpc) is 1.99. The van der Waals surface area contributed by atoms with Crippen molar-refractivity contribution in [3.63, 3.8) is 0 Å². The number of hydrogen-bond acceptors (Lipinski definition) is 2. The standard InChI is InChI=1S/C6H12O2.C3H5Br/c1-3-5-8-6(7)4-2;1-3(2)4/h3-5H2,1-2H3;1H2,2H3. The van der Waals surface area contributed by atoms with Gasteiger partial charge in [-0.3, -0.25) is 4.79 Å². The summed E-state index contributed by atoms with van der Waals surface area (Å²) in [6, 6.07) is 0. The van der Waals surface area contributed by atoms with Gasteiger partial charge in [-0.25, -0.2) is 0 Å². The highest BCUT2D eigenvalue weighted by atomic mass is 79.9. The molecule has 0 radical (unpaired) electrons. The molecule has 0 bridgehead atoms. The lowest BCUT2D eigenvalue weighted by atomic mass is 10.5. The molecule has 0 aromatic heterocycles. The van der Waals surface area contributed by atoms with E-state index in [1.807, 2.05) is 13.8 Å². The van der Waals surface area contributed by atoms with Crippen molar-refractivity contribution >= 4 is 21.9 Å². The molecule has 0 aromatic carbocycles. The summed E-state index contributed by atoms with van der Waals surface area (Å²) in [5.74, 6) is -0.105. The van der Waals surface area contributed by atoms with Gasteiger partial charge in [0.1, 0.15) is 0 Å². The monoisotopic (exact) mass is 236 g/mol. The van der Waals surface area contributed by atoms with Gasteiger partial charge in [-0.2, -0.15) is 0 Å². The van der Waals surface area contributed by atoms with Crippen molar-refractivity contribution in [1.82, 2.24) is 0 Å². The van der Waals surface area contributed by atoms with Gasteiger partial charge in [0, 0.05) is 6.42 Å². The molecule has 12 heavy (non-hydrogen) atoms.